The van der Waals surface area contributed by atoms with Gasteiger partial charge < -0.3 is 9.84 Å². The largest absolute Gasteiger partial charge is 0.387 e. The molecule has 12 heavy (non-hydrogen) atoms. The van der Waals surface area contributed by atoms with Crippen molar-refractivity contribution in [1.29, 1.82) is 0 Å². The van der Waals surface area contributed by atoms with Gasteiger partial charge >= 0.3 is 0 Å². The van der Waals surface area contributed by atoms with Gasteiger partial charge in [-0.15, -0.1) is 0 Å². The second kappa shape index (κ2) is 3.75. The number of methoxy groups -OCH3 is 1. The maximum Gasteiger partial charge on any atom is 0.0930 e. The lowest BCUT2D eigenvalue weighted by atomic mass is 9.70. The second-order valence-electron chi connectivity index (χ2n) is 4.16. The first kappa shape index (κ1) is 10.0. The monoisotopic (exact) mass is 172 g/mol. The van der Waals surface area contributed by atoms with E-state index >= 15 is 0 Å². The first-order valence-corrected chi connectivity index (χ1v) is 4.82. The molecule has 0 aromatic rings. The Labute approximate surface area is 74.9 Å². The highest BCUT2D eigenvalue weighted by Crippen LogP contribution is 2.37. The molecule has 0 aromatic heterocycles. The molecule has 0 heterocycles. The van der Waals surface area contributed by atoms with Crippen LogP contribution in [0.3, 0.4) is 0 Å². The first-order valence-electron chi connectivity index (χ1n) is 4.82. The van der Waals surface area contributed by atoms with Gasteiger partial charge in [-0.2, -0.15) is 0 Å². The lowest BCUT2D eigenvalue weighted by Crippen LogP contribution is -2.49. The van der Waals surface area contributed by atoms with Crippen LogP contribution in [0.2, 0.25) is 0 Å². The van der Waals surface area contributed by atoms with Crippen LogP contribution in [0, 0.1) is 11.8 Å². The maximum absolute atomic E-state index is 10.3. The van der Waals surface area contributed by atoms with Gasteiger partial charge in [0, 0.05) is 7.11 Å². The van der Waals surface area contributed by atoms with Crippen molar-refractivity contribution in [3.8, 4) is 0 Å². The van der Waals surface area contributed by atoms with Crippen molar-refractivity contribution in [1.82, 2.24) is 0 Å². The van der Waals surface area contributed by atoms with Crippen LogP contribution in [0.4, 0.5) is 0 Å². The van der Waals surface area contributed by atoms with Crippen molar-refractivity contribution >= 4 is 0 Å². The van der Waals surface area contributed by atoms with Gasteiger partial charge in [-0.1, -0.05) is 20.3 Å². The van der Waals surface area contributed by atoms with Crippen molar-refractivity contribution in [2.75, 3.05) is 13.7 Å². The number of rotatable bonds is 2. The highest BCUT2D eigenvalue weighted by molar-refractivity contribution is 4.92. The van der Waals surface area contributed by atoms with Crippen LogP contribution in [-0.4, -0.2) is 24.4 Å². The number of ether oxygens (including phenoxy) is 1. The lowest BCUT2D eigenvalue weighted by Gasteiger charge is -2.42. The Balaban J connectivity index is 2.66. The van der Waals surface area contributed by atoms with Crippen LogP contribution in [0.25, 0.3) is 0 Å². The van der Waals surface area contributed by atoms with Crippen LogP contribution in [0.15, 0.2) is 0 Å². The van der Waals surface area contributed by atoms with Gasteiger partial charge in [-0.25, -0.2) is 0 Å². The van der Waals surface area contributed by atoms with Crippen LogP contribution in [0.1, 0.15) is 33.1 Å². The first-order chi connectivity index (χ1) is 5.61. The highest BCUT2D eigenvalue weighted by Gasteiger charge is 2.41. The molecule has 1 N–H and O–H groups in total. The molecule has 1 rings (SSSR count). The summed E-state index contributed by atoms with van der Waals surface area (Å²) in [7, 11) is 1.66. The van der Waals surface area contributed by atoms with Crippen molar-refractivity contribution in [3.63, 3.8) is 0 Å². The molecule has 0 saturated heterocycles. The average molecular weight is 172 g/mol. The Morgan fingerprint density at radius 1 is 1.33 bits per heavy atom. The predicted molar refractivity (Wildman–Crippen MR) is 49.0 cm³/mol. The second-order valence-corrected chi connectivity index (χ2v) is 4.16. The molecule has 1 saturated carbocycles. The molecular weight excluding hydrogens is 152 g/mol. The smallest absolute Gasteiger partial charge is 0.0930 e. The summed E-state index contributed by atoms with van der Waals surface area (Å²) in [4.78, 5) is 0. The number of aliphatic hydroxyl groups is 1. The molecule has 0 bridgehead atoms. The van der Waals surface area contributed by atoms with Crippen LogP contribution in [-0.2, 0) is 4.74 Å². The van der Waals surface area contributed by atoms with Crippen molar-refractivity contribution in [2.45, 2.75) is 38.7 Å². The summed E-state index contributed by atoms with van der Waals surface area (Å²) in [5.41, 5.74) is -0.576. The minimum absolute atomic E-state index is 0.376. The van der Waals surface area contributed by atoms with E-state index in [0.29, 0.717) is 18.4 Å². The number of hydrogen-bond donors (Lipinski definition) is 1. The Hall–Kier alpha value is -0.0800. The minimum atomic E-state index is -0.576. The Bertz CT molecular complexity index is 135. The molecule has 0 aromatic carbocycles. The summed E-state index contributed by atoms with van der Waals surface area (Å²) in [6, 6.07) is 0. The third-order valence-corrected chi connectivity index (χ3v) is 3.36. The van der Waals surface area contributed by atoms with Gasteiger partial charge in [0.15, 0.2) is 0 Å². The molecule has 1 fully saturated rings. The maximum atomic E-state index is 10.3. The highest BCUT2D eigenvalue weighted by atomic mass is 16.5. The molecule has 0 amide bonds. The summed E-state index contributed by atoms with van der Waals surface area (Å²) in [6.45, 7) is 4.72. The molecule has 2 nitrogen and oxygen atoms in total. The van der Waals surface area contributed by atoms with E-state index in [-0.39, 0.29) is 0 Å². The zero-order valence-corrected chi connectivity index (χ0v) is 8.34. The molecule has 0 radical (unpaired) electrons. The van der Waals surface area contributed by atoms with Gasteiger partial charge in [-0.3, -0.25) is 0 Å². The topological polar surface area (TPSA) is 29.5 Å². The Kier molecular flexibility index (Phi) is 3.13. The molecular formula is C10H20O2. The SMILES string of the molecule is COCC1(O)[C@@H](C)CCC[C@@H]1C. The molecule has 1 aliphatic carbocycles. The third kappa shape index (κ3) is 1.64. The van der Waals surface area contributed by atoms with E-state index in [1.165, 1.54) is 6.42 Å². The molecule has 1 aliphatic rings. The fourth-order valence-corrected chi connectivity index (χ4v) is 2.23. The minimum Gasteiger partial charge on any atom is -0.387 e. The van der Waals surface area contributed by atoms with E-state index in [0.717, 1.165) is 12.8 Å². The fraction of sp³-hybridized carbons (Fsp3) is 1.00. The van der Waals surface area contributed by atoms with Crippen molar-refractivity contribution in [3.05, 3.63) is 0 Å². The van der Waals surface area contributed by atoms with E-state index in [2.05, 4.69) is 13.8 Å². The summed E-state index contributed by atoms with van der Waals surface area (Å²) < 4.78 is 5.08. The van der Waals surface area contributed by atoms with Gasteiger partial charge in [-0.05, 0) is 24.7 Å². The fourth-order valence-electron chi connectivity index (χ4n) is 2.23. The number of hydrogen-bond acceptors (Lipinski definition) is 2. The van der Waals surface area contributed by atoms with Crippen LogP contribution >= 0.6 is 0 Å². The molecule has 72 valence electrons. The lowest BCUT2D eigenvalue weighted by molar-refractivity contribution is -0.123. The van der Waals surface area contributed by atoms with Crippen molar-refractivity contribution in [2.24, 2.45) is 11.8 Å². The molecule has 2 heteroatoms. The molecule has 0 aliphatic heterocycles. The normalized spacial score (nSPS) is 35.0. The van der Waals surface area contributed by atoms with Gasteiger partial charge in [0.05, 0.1) is 12.2 Å². The standard InChI is InChI=1S/C10H20O2/c1-8-5-4-6-9(2)10(8,11)7-12-3/h8-9,11H,4-7H2,1-3H3/t8-,9-/m0/s1. The summed E-state index contributed by atoms with van der Waals surface area (Å²) in [5, 5.41) is 10.3. The van der Waals surface area contributed by atoms with E-state index in [1.807, 2.05) is 0 Å². The molecule has 0 unspecified atom stereocenters. The van der Waals surface area contributed by atoms with Gasteiger partial charge in [0.25, 0.3) is 0 Å². The van der Waals surface area contributed by atoms with E-state index in [9.17, 15) is 5.11 Å². The third-order valence-electron chi connectivity index (χ3n) is 3.36. The van der Waals surface area contributed by atoms with Gasteiger partial charge in [0.1, 0.15) is 0 Å². The predicted octanol–water partition coefficient (Wildman–Crippen LogP) is 1.82. The van der Waals surface area contributed by atoms with E-state index in [1.54, 1.807) is 7.11 Å². The summed E-state index contributed by atoms with van der Waals surface area (Å²) in [6.07, 6.45) is 3.50. The van der Waals surface area contributed by atoms with Crippen molar-refractivity contribution < 1.29 is 9.84 Å². The van der Waals surface area contributed by atoms with E-state index in [4.69, 9.17) is 4.74 Å². The van der Waals surface area contributed by atoms with E-state index < -0.39 is 5.60 Å². The summed E-state index contributed by atoms with van der Waals surface area (Å²) in [5.74, 6) is 0.752. The Morgan fingerprint density at radius 3 is 2.25 bits per heavy atom. The van der Waals surface area contributed by atoms with Crippen LogP contribution < -0.4 is 0 Å². The van der Waals surface area contributed by atoms with Crippen LogP contribution in [0.5, 0.6) is 0 Å². The average Bonchev–Trinajstić information content (AvgIpc) is 2.02. The Morgan fingerprint density at radius 2 is 1.83 bits per heavy atom. The molecule has 0 spiro atoms. The summed E-state index contributed by atoms with van der Waals surface area (Å²) >= 11 is 0. The zero-order valence-electron chi connectivity index (χ0n) is 8.34. The quantitative estimate of drug-likeness (QED) is 0.688. The molecule has 2 atom stereocenters. The zero-order chi connectivity index (χ0) is 9.19. The van der Waals surface area contributed by atoms with Gasteiger partial charge in [0.2, 0.25) is 0 Å².